The zero-order chi connectivity index (χ0) is 29.0. The molecule has 3 aromatic rings. The van der Waals surface area contributed by atoms with Crippen LogP contribution in [0, 0.1) is 29.1 Å². The maximum Gasteiger partial charge on any atom is 0.338 e. The van der Waals surface area contributed by atoms with Crippen LogP contribution in [0.15, 0.2) is 42.5 Å². The Labute approximate surface area is 229 Å². The monoisotopic (exact) mass is 562 g/mol. The number of benzene rings is 3. The molecule has 0 radical (unpaired) electrons. The summed E-state index contributed by atoms with van der Waals surface area (Å²) in [4.78, 5) is 12.7. The lowest BCUT2D eigenvalue weighted by Crippen LogP contribution is -2.24. The van der Waals surface area contributed by atoms with Crippen LogP contribution >= 0.6 is 0 Å². The Morgan fingerprint density at radius 1 is 0.875 bits per heavy atom. The fourth-order valence-corrected chi connectivity index (χ4v) is 5.16. The maximum atomic E-state index is 14.9. The van der Waals surface area contributed by atoms with E-state index < -0.39 is 47.3 Å². The molecule has 1 fully saturated rings. The Morgan fingerprint density at radius 2 is 1.57 bits per heavy atom. The van der Waals surface area contributed by atoms with Crippen LogP contribution in [0.1, 0.15) is 85.9 Å². The van der Waals surface area contributed by atoms with Crippen LogP contribution in [-0.4, -0.2) is 23.8 Å². The van der Waals surface area contributed by atoms with Gasteiger partial charge in [-0.05, 0) is 74.8 Å². The van der Waals surface area contributed by atoms with E-state index in [1.807, 2.05) is 6.92 Å². The van der Waals surface area contributed by atoms with E-state index in [2.05, 4.69) is 0 Å². The molecular weight excluding hydrogens is 531 g/mol. The lowest BCUT2D eigenvalue weighted by Gasteiger charge is -2.29. The van der Waals surface area contributed by atoms with Crippen LogP contribution in [0.25, 0.3) is 11.1 Å². The van der Waals surface area contributed by atoms with Gasteiger partial charge in [0.1, 0.15) is 11.9 Å². The molecule has 0 aromatic heterocycles. The normalized spacial score (nSPS) is 17.9. The summed E-state index contributed by atoms with van der Waals surface area (Å²) >= 11 is 0. The van der Waals surface area contributed by atoms with Crippen molar-refractivity contribution in [3.05, 3.63) is 88.2 Å². The standard InChI is InChI=1S/C31H31F5O4/c1-3-5-25(37)23-13-12-20(27(33)29(23)35)17-6-9-19(10-7-17)40-31(38)18-8-11-21(24(32)16-18)22-14-15-26(39-4-2)30(36)28(22)34/h8,11-17,19,25,37H,3-7,9-10H2,1-2H3. The molecule has 1 N–H and O–H groups in total. The molecule has 1 saturated carbocycles. The average molecular weight is 563 g/mol. The van der Waals surface area contributed by atoms with Crippen LogP contribution < -0.4 is 4.74 Å². The summed E-state index contributed by atoms with van der Waals surface area (Å²) in [6.07, 6.45) is 1.08. The van der Waals surface area contributed by atoms with Gasteiger partial charge in [-0.1, -0.05) is 31.5 Å². The van der Waals surface area contributed by atoms with Gasteiger partial charge < -0.3 is 14.6 Å². The smallest absolute Gasteiger partial charge is 0.338 e. The SMILES string of the molecule is CCCC(O)c1ccc(C2CCC(OC(=O)c3ccc(-c4ccc(OCC)c(F)c4F)c(F)c3)CC2)c(F)c1F. The minimum Gasteiger partial charge on any atom is -0.491 e. The van der Waals surface area contributed by atoms with E-state index in [-0.39, 0.29) is 46.1 Å². The second-order valence-corrected chi connectivity index (χ2v) is 9.92. The summed E-state index contributed by atoms with van der Waals surface area (Å²) in [6.45, 7) is 3.60. The number of halogens is 5. The lowest BCUT2D eigenvalue weighted by molar-refractivity contribution is 0.0193. The molecule has 40 heavy (non-hydrogen) atoms. The lowest BCUT2D eigenvalue weighted by atomic mass is 9.82. The van der Waals surface area contributed by atoms with Crippen LogP contribution in [-0.2, 0) is 4.74 Å². The molecule has 9 heteroatoms. The van der Waals surface area contributed by atoms with Crippen molar-refractivity contribution in [3.63, 3.8) is 0 Å². The number of carbonyl (C=O) groups excluding carboxylic acids is 1. The van der Waals surface area contributed by atoms with Crippen molar-refractivity contribution in [2.45, 2.75) is 70.5 Å². The summed E-state index contributed by atoms with van der Waals surface area (Å²) in [7, 11) is 0. The summed E-state index contributed by atoms with van der Waals surface area (Å²) in [5, 5.41) is 10.1. The highest BCUT2D eigenvalue weighted by molar-refractivity contribution is 5.90. The molecule has 0 spiro atoms. The van der Waals surface area contributed by atoms with E-state index in [1.165, 1.54) is 36.4 Å². The third-order valence-corrected chi connectivity index (χ3v) is 7.29. The van der Waals surface area contributed by atoms with Crippen LogP contribution in [0.3, 0.4) is 0 Å². The first kappa shape index (κ1) is 29.5. The van der Waals surface area contributed by atoms with Crippen LogP contribution in [0.4, 0.5) is 22.0 Å². The average Bonchev–Trinajstić information content (AvgIpc) is 2.94. The number of aliphatic hydroxyl groups is 1. The van der Waals surface area contributed by atoms with E-state index in [0.717, 1.165) is 6.07 Å². The summed E-state index contributed by atoms with van der Waals surface area (Å²) in [5.41, 5.74) is -0.457. The van der Waals surface area contributed by atoms with E-state index in [1.54, 1.807) is 6.92 Å². The minimum absolute atomic E-state index is 0.0561. The molecule has 214 valence electrons. The topological polar surface area (TPSA) is 55.8 Å². The Balaban J connectivity index is 1.39. The number of hydrogen-bond acceptors (Lipinski definition) is 4. The van der Waals surface area contributed by atoms with E-state index in [9.17, 15) is 31.9 Å². The molecule has 4 nitrogen and oxygen atoms in total. The fraction of sp³-hybridized carbons (Fsp3) is 0.387. The molecule has 4 rings (SSSR count). The predicted molar refractivity (Wildman–Crippen MR) is 140 cm³/mol. The van der Waals surface area contributed by atoms with Gasteiger partial charge in [0.05, 0.1) is 18.3 Å². The molecule has 0 saturated heterocycles. The zero-order valence-corrected chi connectivity index (χ0v) is 22.3. The number of aliphatic hydroxyl groups excluding tert-OH is 1. The van der Waals surface area contributed by atoms with E-state index in [4.69, 9.17) is 9.47 Å². The number of hydrogen-bond donors (Lipinski definition) is 1. The highest BCUT2D eigenvalue weighted by Gasteiger charge is 2.29. The first-order valence-corrected chi connectivity index (χ1v) is 13.4. The van der Waals surface area contributed by atoms with Crippen molar-refractivity contribution < 1.29 is 41.3 Å². The van der Waals surface area contributed by atoms with Gasteiger partial charge >= 0.3 is 5.97 Å². The third-order valence-electron chi connectivity index (χ3n) is 7.29. The molecule has 0 aliphatic heterocycles. The fourth-order valence-electron chi connectivity index (χ4n) is 5.16. The van der Waals surface area contributed by atoms with Crippen molar-refractivity contribution in [3.8, 4) is 16.9 Å². The minimum atomic E-state index is -1.26. The maximum absolute atomic E-state index is 14.9. The Hall–Kier alpha value is -3.46. The summed E-state index contributed by atoms with van der Waals surface area (Å²) in [6, 6.07) is 8.70. The van der Waals surface area contributed by atoms with Crippen molar-refractivity contribution >= 4 is 5.97 Å². The Morgan fingerprint density at radius 3 is 2.23 bits per heavy atom. The van der Waals surface area contributed by atoms with Gasteiger partial charge in [-0.2, -0.15) is 4.39 Å². The summed E-state index contributed by atoms with van der Waals surface area (Å²) in [5.74, 6) is -6.76. The molecule has 1 unspecified atom stereocenters. The number of rotatable bonds is 9. The predicted octanol–water partition coefficient (Wildman–Crippen LogP) is 8.16. The second-order valence-electron chi connectivity index (χ2n) is 9.92. The van der Waals surface area contributed by atoms with E-state index in [0.29, 0.717) is 38.5 Å². The van der Waals surface area contributed by atoms with Crippen LogP contribution in [0.2, 0.25) is 0 Å². The van der Waals surface area contributed by atoms with Gasteiger partial charge in [-0.3, -0.25) is 0 Å². The van der Waals surface area contributed by atoms with Crippen molar-refractivity contribution in [1.29, 1.82) is 0 Å². The van der Waals surface area contributed by atoms with Crippen molar-refractivity contribution in [1.82, 2.24) is 0 Å². The van der Waals surface area contributed by atoms with Gasteiger partial charge in [0.25, 0.3) is 0 Å². The van der Waals surface area contributed by atoms with Crippen molar-refractivity contribution in [2.24, 2.45) is 0 Å². The van der Waals surface area contributed by atoms with Crippen molar-refractivity contribution in [2.75, 3.05) is 6.61 Å². The number of carbonyl (C=O) groups is 1. The molecular formula is C31H31F5O4. The number of ether oxygens (including phenoxy) is 2. The van der Waals surface area contributed by atoms with Gasteiger partial charge in [-0.25, -0.2) is 22.4 Å². The van der Waals surface area contributed by atoms with Gasteiger partial charge in [0.15, 0.2) is 23.2 Å². The third kappa shape index (κ3) is 6.14. The molecule has 3 aromatic carbocycles. The molecule has 0 heterocycles. The Kier molecular flexibility index (Phi) is 9.45. The van der Waals surface area contributed by atoms with Gasteiger partial charge in [-0.15, -0.1) is 0 Å². The van der Waals surface area contributed by atoms with Gasteiger partial charge in [0, 0.05) is 16.7 Å². The molecule has 1 aliphatic rings. The molecule has 1 aliphatic carbocycles. The molecule has 0 amide bonds. The molecule has 1 atom stereocenters. The van der Waals surface area contributed by atoms with Crippen LogP contribution in [0.5, 0.6) is 5.75 Å². The Bertz CT molecular complexity index is 1370. The second kappa shape index (κ2) is 12.8. The quantitative estimate of drug-likeness (QED) is 0.211. The zero-order valence-electron chi connectivity index (χ0n) is 22.3. The molecule has 0 bridgehead atoms. The van der Waals surface area contributed by atoms with E-state index >= 15 is 0 Å². The highest BCUT2D eigenvalue weighted by Crippen LogP contribution is 2.38. The number of esters is 1. The first-order chi connectivity index (χ1) is 19.2. The highest BCUT2D eigenvalue weighted by atomic mass is 19.2. The largest absolute Gasteiger partial charge is 0.491 e. The van der Waals surface area contributed by atoms with Gasteiger partial charge in [0.2, 0.25) is 5.82 Å². The first-order valence-electron chi connectivity index (χ1n) is 13.4. The summed E-state index contributed by atoms with van der Waals surface area (Å²) < 4.78 is 83.6.